The number of rotatable bonds is 6. The number of nitrogens with one attached hydrogen (secondary N) is 1. The number of pyridine rings is 1. The molecular weight excluding hydrogens is 276 g/mol. The summed E-state index contributed by atoms with van der Waals surface area (Å²) in [4.78, 5) is 8.29. The second kappa shape index (κ2) is 6.78. The lowest BCUT2D eigenvalue weighted by atomic mass is 10.1. The van der Waals surface area contributed by atoms with Crippen molar-refractivity contribution in [2.24, 2.45) is 11.8 Å². The van der Waals surface area contributed by atoms with E-state index in [0.29, 0.717) is 17.4 Å². The maximum Gasteiger partial charge on any atom is 0.138 e. The highest BCUT2D eigenvalue weighted by atomic mass is 35.5. The molecule has 0 amide bonds. The Morgan fingerprint density at radius 2 is 2.25 bits per heavy atom. The average molecular weight is 295 g/mol. The number of hydrogen-bond donors (Lipinski definition) is 2. The lowest BCUT2D eigenvalue weighted by molar-refractivity contribution is 0.446. The minimum Gasteiger partial charge on any atom is -0.271 e. The van der Waals surface area contributed by atoms with Crippen LogP contribution in [0.4, 0.5) is 0 Å². The van der Waals surface area contributed by atoms with E-state index in [-0.39, 0.29) is 6.04 Å². The summed E-state index contributed by atoms with van der Waals surface area (Å²) in [5.74, 6) is 7.04. The van der Waals surface area contributed by atoms with Crippen LogP contribution in [0.1, 0.15) is 31.3 Å². The Hall–Kier alpha value is -1.50. The van der Waals surface area contributed by atoms with Gasteiger partial charge in [-0.1, -0.05) is 25.4 Å². The third kappa shape index (κ3) is 3.53. The minimum atomic E-state index is -0.124. The third-order valence-corrected chi connectivity index (χ3v) is 3.32. The summed E-state index contributed by atoms with van der Waals surface area (Å²) < 4.78 is 1.91. The Morgan fingerprint density at radius 3 is 2.90 bits per heavy atom. The van der Waals surface area contributed by atoms with Crippen molar-refractivity contribution in [2.45, 2.75) is 32.9 Å². The van der Waals surface area contributed by atoms with E-state index in [1.54, 1.807) is 18.7 Å². The third-order valence-electron chi connectivity index (χ3n) is 3.00. The van der Waals surface area contributed by atoms with Gasteiger partial charge in [0.1, 0.15) is 12.2 Å². The van der Waals surface area contributed by atoms with Crippen LogP contribution < -0.4 is 11.3 Å². The molecule has 20 heavy (non-hydrogen) atoms. The number of hydrazine groups is 1. The molecule has 0 aromatic carbocycles. The maximum atomic E-state index is 6.16. The van der Waals surface area contributed by atoms with Crippen LogP contribution in [0.3, 0.4) is 0 Å². The standard InChI is InChI=1S/C13H19ClN6/c1-9(2)7-20-13(17-8-18-20)5-12(19-15)10-3-4-16-6-11(10)14/h3-4,6,8-9,12,19H,5,7,15H2,1-2H3. The van der Waals surface area contributed by atoms with E-state index >= 15 is 0 Å². The van der Waals surface area contributed by atoms with Crippen LogP contribution in [0.2, 0.25) is 5.02 Å². The van der Waals surface area contributed by atoms with Crippen molar-refractivity contribution in [3.63, 3.8) is 0 Å². The summed E-state index contributed by atoms with van der Waals surface area (Å²) in [6, 6.07) is 1.73. The van der Waals surface area contributed by atoms with Gasteiger partial charge in [-0.2, -0.15) is 5.10 Å². The number of hydrogen-bond acceptors (Lipinski definition) is 5. The van der Waals surface area contributed by atoms with Gasteiger partial charge in [0, 0.05) is 25.4 Å². The Balaban J connectivity index is 2.19. The van der Waals surface area contributed by atoms with E-state index in [0.717, 1.165) is 17.9 Å². The Kier molecular flexibility index (Phi) is 5.05. The summed E-state index contributed by atoms with van der Waals surface area (Å²) in [7, 11) is 0. The molecule has 2 heterocycles. The molecule has 0 fully saturated rings. The maximum absolute atomic E-state index is 6.16. The summed E-state index contributed by atoms with van der Waals surface area (Å²) >= 11 is 6.16. The topological polar surface area (TPSA) is 81.7 Å². The zero-order valence-electron chi connectivity index (χ0n) is 11.6. The number of nitrogens with two attached hydrogens (primary N) is 1. The smallest absolute Gasteiger partial charge is 0.138 e. The molecule has 0 aliphatic heterocycles. The van der Waals surface area contributed by atoms with E-state index in [1.165, 1.54) is 0 Å². The van der Waals surface area contributed by atoms with Crippen molar-refractivity contribution < 1.29 is 0 Å². The van der Waals surface area contributed by atoms with Gasteiger partial charge in [0.05, 0.1) is 11.1 Å². The van der Waals surface area contributed by atoms with Crippen molar-refractivity contribution in [3.05, 3.63) is 41.2 Å². The van der Waals surface area contributed by atoms with Crippen LogP contribution in [-0.4, -0.2) is 19.7 Å². The van der Waals surface area contributed by atoms with Gasteiger partial charge >= 0.3 is 0 Å². The zero-order valence-corrected chi connectivity index (χ0v) is 12.4. The average Bonchev–Trinajstić information content (AvgIpc) is 2.83. The van der Waals surface area contributed by atoms with Crippen molar-refractivity contribution in [3.8, 4) is 0 Å². The first-order valence-electron chi connectivity index (χ1n) is 6.54. The Bertz CT molecular complexity index is 553. The minimum absolute atomic E-state index is 0.124. The van der Waals surface area contributed by atoms with Gasteiger partial charge in [0.25, 0.3) is 0 Å². The van der Waals surface area contributed by atoms with Crippen LogP contribution in [0.25, 0.3) is 0 Å². The molecule has 0 saturated heterocycles. The fraction of sp³-hybridized carbons (Fsp3) is 0.462. The normalized spacial score (nSPS) is 12.8. The van der Waals surface area contributed by atoms with Crippen molar-refractivity contribution in [1.29, 1.82) is 0 Å². The van der Waals surface area contributed by atoms with Gasteiger partial charge in [-0.25, -0.2) is 9.67 Å². The van der Waals surface area contributed by atoms with Crippen LogP contribution in [-0.2, 0) is 13.0 Å². The molecule has 2 aromatic heterocycles. The highest BCUT2D eigenvalue weighted by molar-refractivity contribution is 6.31. The van der Waals surface area contributed by atoms with Gasteiger partial charge < -0.3 is 0 Å². The van der Waals surface area contributed by atoms with Gasteiger partial charge in [0.15, 0.2) is 0 Å². The Morgan fingerprint density at radius 1 is 1.45 bits per heavy atom. The van der Waals surface area contributed by atoms with E-state index in [1.807, 2.05) is 10.7 Å². The highest BCUT2D eigenvalue weighted by Crippen LogP contribution is 2.23. The van der Waals surface area contributed by atoms with E-state index in [4.69, 9.17) is 17.4 Å². The molecule has 2 aromatic rings. The molecule has 0 saturated carbocycles. The van der Waals surface area contributed by atoms with Gasteiger partial charge in [-0.3, -0.25) is 16.3 Å². The lowest BCUT2D eigenvalue weighted by Crippen LogP contribution is -2.31. The van der Waals surface area contributed by atoms with E-state index < -0.39 is 0 Å². The predicted octanol–water partition coefficient (Wildman–Crippen LogP) is 1.73. The zero-order chi connectivity index (χ0) is 14.5. The summed E-state index contributed by atoms with van der Waals surface area (Å²) in [5.41, 5.74) is 3.69. The van der Waals surface area contributed by atoms with Crippen molar-refractivity contribution in [1.82, 2.24) is 25.2 Å². The molecule has 0 spiro atoms. The second-order valence-electron chi connectivity index (χ2n) is 5.07. The fourth-order valence-electron chi connectivity index (χ4n) is 2.05. The van der Waals surface area contributed by atoms with Crippen molar-refractivity contribution >= 4 is 11.6 Å². The summed E-state index contributed by atoms with van der Waals surface area (Å²) in [6.07, 6.45) is 5.50. The largest absolute Gasteiger partial charge is 0.271 e. The van der Waals surface area contributed by atoms with Gasteiger partial charge in [-0.15, -0.1) is 0 Å². The Labute approximate surface area is 123 Å². The van der Waals surface area contributed by atoms with Crippen molar-refractivity contribution in [2.75, 3.05) is 0 Å². The molecule has 0 radical (unpaired) electrons. The first-order chi connectivity index (χ1) is 9.61. The molecule has 1 atom stereocenters. The molecule has 0 aliphatic rings. The molecular formula is C13H19ClN6. The van der Waals surface area contributed by atoms with Crippen LogP contribution in [0.15, 0.2) is 24.8 Å². The van der Waals surface area contributed by atoms with Gasteiger partial charge in [0.2, 0.25) is 0 Å². The highest BCUT2D eigenvalue weighted by Gasteiger charge is 2.17. The molecule has 0 aliphatic carbocycles. The molecule has 2 rings (SSSR count). The number of nitrogens with zero attached hydrogens (tertiary/aromatic N) is 4. The quantitative estimate of drug-likeness (QED) is 0.626. The van der Waals surface area contributed by atoms with Crippen LogP contribution in [0.5, 0.6) is 0 Å². The second-order valence-corrected chi connectivity index (χ2v) is 5.48. The SMILES string of the molecule is CC(C)Cn1ncnc1CC(NN)c1ccncc1Cl. The molecule has 108 valence electrons. The monoisotopic (exact) mass is 294 g/mol. The molecule has 7 heteroatoms. The lowest BCUT2D eigenvalue weighted by Gasteiger charge is -2.17. The van der Waals surface area contributed by atoms with E-state index in [9.17, 15) is 0 Å². The molecule has 6 nitrogen and oxygen atoms in total. The first kappa shape index (κ1) is 14.9. The molecule has 3 N–H and O–H groups in total. The number of aromatic nitrogens is 4. The van der Waals surface area contributed by atoms with E-state index in [2.05, 4.69) is 34.3 Å². The van der Waals surface area contributed by atoms with Gasteiger partial charge in [-0.05, 0) is 17.5 Å². The first-order valence-corrected chi connectivity index (χ1v) is 6.91. The molecule has 1 unspecified atom stereocenters. The van der Waals surface area contributed by atoms with Crippen LogP contribution in [0, 0.1) is 5.92 Å². The predicted molar refractivity (Wildman–Crippen MR) is 77.9 cm³/mol. The van der Waals surface area contributed by atoms with Crippen LogP contribution >= 0.6 is 11.6 Å². The molecule has 0 bridgehead atoms. The summed E-state index contributed by atoms with van der Waals surface area (Å²) in [5, 5.41) is 4.84. The fourth-order valence-corrected chi connectivity index (χ4v) is 2.31. The number of halogens is 1. The summed E-state index contributed by atoms with van der Waals surface area (Å²) in [6.45, 7) is 5.12.